The number of aromatic hydroxyl groups is 1. The topological polar surface area (TPSA) is 110 Å². The fraction of sp³-hybridized carbons (Fsp3) is 0.167. The Bertz CT molecular complexity index is 812. The van der Waals surface area contributed by atoms with E-state index in [1.165, 1.54) is 18.2 Å². The quantitative estimate of drug-likeness (QED) is 0.652. The summed E-state index contributed by atoms with van der Waals surface area (Å²) in [6, 6.07) is 9.88. The highest BCUT2D eigenvalue weighted by atomic mass is 16.3. The molecule has 0 heterocycles. The Morgan fingerprint density at radius 2 is 1.91 bits per heavy atom. The molecule has 1 atom stereocenters. The van der Waals surface area contributed by atoms with Crippen molar-refractivity contribution in [2.45, 2.75) is 18.9 Å². The summed E-state index contributed by atoms with van der Waals surface area (Å²) in [5, 5.41) is 19.4. The minimum Gasteiger partial charge on any atom is -0.508 e. The van der Waals surface area contributed by atoms with Crippen molar-refractivity contribution in [1.29, 1.82) is 0 Å². The second kappa shape index (κ2) is 5.78. The van der Waals surface area contributed by atoms with Gasteiger partial charge in [-0.2, -0.15) is 0 Å². The van der Waals surface area contributed by atoms with E-state index in [1.807, 2.05) is 18.2 Å². The van der Waals surface area contributed by atoms with E-state index in [2.05, 4.69) is 0 Å². The number of anilines is 1. The van der Waals surface area contributed by atoms with E-state index in [4.69, 9.17) is 11.5 Å². The molecule has 0 radical (unpaired) electrons. The average Bonchev–Trinajstić information content (AvgIpc) is 2.94. The zero-order valence-electron chi connectivity index (χ0n) is 12.5. The number of hydrogen-bond donors (Lipinski definition) is 4. The predicted molar refractivity (Wildman–Crippen MR) is 89.7 cm³/mol. The van der Waals surface area contributed by atoms with Crippen molar-refractivity contribution in [1.82, 2.24) is 0 Å². The van der Waals surface area contributed by atoms with Gasteiger partial charge < -0.3 is 21.7 Å². The summed E-state index contributed by atoms with van der Waals surface area (Å²) in [5.41, 5.74) is 15.4. The van der Waals surface area contributed by atoms with Crippen LogP contribution < -0.4 is 11.5 Å². The Balaban J connectivity index is 2.15. The van der Waals surface area contributed by atoms with Gasteiger partial charge in [0.1, 0.15) is 5.75 Å². The minimum absolute atomic E-state index is 0.0327. The van der Waals surface area contributed by atoms with Crippen LogP contribution >= 0.6 is 0 Å². The van der Waals surface area contributed by atoms with Crippen LogP contribution in [0.4, 0.5) is 5.69 Å². The van der Waals surface area contributed by atoms with Crippen molar-refractivity contribution in [3.8, 4) is 16.9 Å². The molecule has 1 unspecified atom stereocenters. The zero-order chi connectivity index (χ0) is 16.6. The summed E-state index contributed by atoms with van der Waals surface area (Å²) in [4.78, 5) is 11.7. The third-order valence-corrected chi connectivity index (χ3v) is 4.09. The van der Waals surface area contributed by atoms with Crippen molar-refractivity contribution >= 4 is 17.2 Å². The van der Waals surface area contributed by atoms with Gasteiger partial charge in [0.25, 0.3) is 0 Å². The lowest BCUT2D eigenvalue weighted by molar-refractivity contribution is 0.100. The molecule has 118 valence electrons. The number of benzene rings is 2. The molecule has 6 N–H and O–H groups in total. The van der Waals surface area contributed by atoms with Gasteiger partial charge in [0, 0.05) is 22.4 Å². The van der Waals surface area contributed by atoms with Crippen LogP contribution in [0.2, 0.25) is 0 Å². The van der Waals surface area contributed by atoms with E-state index in [0.29, 0.717) is 28.8 Å². The first-order valence-corrected chi connectivity index (χ1v) is 7.37. The van der Waals surface area contributed by atoms with Gasteiger partial charge in [-0.05, 0) is 54.3 Å². The number of carbonyl (C=O) groups excluding carboxylic acids is 1. The number of nitrogen functional groups attached to an aromatic ring is 1. The number of amides is 1. The summed E-state index contributed by atoms with van der Waals surface area (Å²) >= 11 is 0. The molecule has 5 heteroatoms. The number of aliphatic hydroxyl groups excluding tert-OH is 1. The Morgan fingerprint density at radius 1 is 1.13 bits per heavy atom. The van der Waals surface area contributed by atoms with E-state index < -0.39 is 12.0 Å². The SMILES string of the molecule is NC(=O)c1ccc(O)cc1-c1cc(C2=CC(O)CC2)ccc1N. The van der Waals surface area contributed by atoms with Crippen LogP contribution in [0.3, 0.4) is 0 Å². The number of hydrogen-bond acceptors (Lipinski definition) is 4. The first-order chi connectivity index (χ1) is 11.0. The van der Waals surface area contributed by atoms with Crippen LogP contribution in [-0.2, 0) is 0 Å². The second-order valence-electron chi connectivity index (χ2n) is 5.69. The minimum atomic E-state index is -0.583. The fourth-order valence-corrected chi connectivity index (χ4v) is 2.90. The van der Waals surface area contributed by atoms with E-state index in [1.54, 1.807) is 6.07 Å². The van der Waals surface area contributed by atoms with Gasteiger partial charge in [0.15, 0.2) is 0 Å². The van der Waals surface area contributed by atoms with E-state index in [0.717, 1.165) is 17.6 Å². The van der Waals surface area contributed by atoms with Crippen molar-refractivity contribution < 1.29 is 15.0 Å². The molecule has 2 aromatic rings. The number of primary amides is 1. The number of carbonyl (C=O) groups is 1. The van der Waals surface area contributed by atoms with Crippen molar-refractivity contribution in [2.24, 2.45) is 5.73 Å². The molecule has 1 aliphatic rings. The van der Waals surface area contributed by atoms with Crippen molar-refractivity contribution in [3.63, 3.8) is 0 Å². The van der Waals surface area contributed by atoms with Crippen LogP contribution in [0.15, 0.2) is 42.5 Å². The number of phenolic OH excluding ortho intramolecular Hbond substituents is 1. The summed E-state index contributed by atoms with van der Waals surface area (Å²) in [5.74, 6) is -0.550. The first-order valence-electron chi connectivity index (χ1n) is 7.37. The highest BCUT2D eigenvalue weighted by Gasteiger charge is 2.18. The normalized spacial score (nSPS) is 17.1. The number of nitrogens with two attached hydrogens (primary N) is 2. The summed E-state index contributed by atoms with van der Waals surface area (Å²) in [6.07, 6.45) is 2.89. The summed E-state index contributed by atoms with van der Waals surface area (Å²) in [7, 11) is 0. The third-order valence-electron chi connectivity index (χ3n) is 4.09. The molecular formula is C18H18N2O3. The van der Waals surface area contributed by atoms with Crippen molar-refractivity contribution in [2.75, 3.05) is 5.73 Å². The number of allylic oxidation sites excluding steroid dienone is 1. The molecule has 0 fully saturated rings. The third kappa shape index (κ3) is 2.91. The molecule has 23 heavy (non-hydrogen) atoms. The van der Waals surface area contributed by atoms with E-state index in [-0.39, 0.29) is 5.75 Å². The average molecular weight is 310 g/mol. The molecule has 0 bridgehead atoms. The maximum Gasteiger partial charge on any atom is 0.249 e. The van der Waals surface area contributed by atoms with Gasteiger partial charge in [0.2, 0.25) is 5.91 Å². The Labute approximate surface area is 133 Å². The van der Waals surface area contributed by atoms with Crippen LogP contribution in [0.5, 0.6) is 5.75 Å². The van der Waals surface area contributed by atoms with Gasteiger partial charge in [-0.3, -0.25) is 4.79 Å². The summed E-state index contributed by atoms with van der Waals surface area (Å²) < 4.78 is 0. The molecule has 0 saturated heterocycles. The molecular weight excluding hydrogens is 292 g/mol. The molecule has 2 aromatic carbocycles. The molecule has 3 rings (SSSR count). The second-order valence-corrected chi connectivity index (χ2v) is 5.69. The maximum atomic E-state index is 11.7. The molecule has 0 saturated carbocycles. The lowest BCUT2D eigenvalue weighted by atomic mass is 9.94. The highest BCUT2D eigenvalue weighted by molar-refractivity contribution is 6.02. The molecule has 1 aliphatic carbocycles. The van der Waals surface area contributed by atoms with Crippen LogP contribution in [-0.4, -0.2) is 22.2 Å². The van der Waals surface area contributed by atoms with Crippen LogP contribution in [0.1, 0.15) is 28.8 Å². The Hall–Kier alpha value is -2.79. The molecule has 0 aliphatic heterocycles. The maximum absolute atomic E-state index is 11.7. The van der Waals surface area contributed by atoms with E-state index >= 15 is 0 Å². The van der Waals surface area contributed by atoms with Gasteiger partial charge in [-0.15, -0.1) is 0 Å². The van der Waals surface area contributed by atoms with Crippen molar-refractivity contribution in [3.05, 3.63) is 53.6 Å². The zero-order valence-corrected chi connectivity index (χ0v) is 12.5. The number of phenols is 1. The smallest absolute Gasteiger partial charge is 0.249 e. The summed E-state index contributed by atoms with van der Waals surface area (Å²) in [6.45, 7) is 0. The Kier molecular flexibility index (Phi) is 3.80. The molecule has 1 amide bonds. The van der Waals surface area contributed by atoms with Crippen LogP contribution in [0, 0.1) is 0 Å². The van der Waals surface area contributed by atoms with Gasteiger partial charge in [0.05, 0.1) is 6.10 Å². The molecule has 0 spiro atoms. The molecule has 5 nitrogen and oxygen atoms in total. The highest BCUT2D eigenvalue weighted by Crippen LogP contribution is 2.36. The predicted octanol–water partition coefficient (Wildman–Crippen LogP) is 2.28. The first kappa shape index (κ1) is 15.1. The lowest BCUT2D eigenvalue weighted by Crippen LogP contribution is -2.12. The van der Waals surface area contributed by atoms with Crippen LogP contribution in [0.25, 0.3) is 16.7 Å². The number of aliphatic hydroxyl groups is 1. The largest absolute Gasteiger partial charge is 0.508 e. The fourth-order valence-electron chi connectivity index (χ4n) is 2.90. The van der Waals surface area contributed by atoms with Gasteiger partial charge in [-0.25, -0.2) is 0 Å². The monoisotopic (exact) mass is 310 g/mol. The van der Waals surface area contributed by atoms with E-state index in [9.17, 15) is 15.0 Å². The van der Waals surface area contributed by atoms with Gasteiger partial charge >= 0.3 is 0 Å². The van der Waals surface area contributed by atoms with Gasteiger partial charge in [-0.1, -0.05) is 12.1 Å². The standard InChI is InChI=1S/C18H18N2O3/c19-17-6-2-11(10-1-3-12(21)7-10)8-16(17)15-9-13(22)4-5-14(15)18(20)23/h2,4-9,12,21-22H,1,3,19H2,(H2,20,23). The Morgan fingerprint density at radius 3 is 2.57 bits per heavy atom. The number of rotatable bonds is 3. The lowest BCUT2D eigenvalue weighted by Gasteiger charge is -2.13. The molecule has 0 aromatic heterocycles.